The molecule has 1 saturated heterocycles. The van der Waals surface area contributed by atoms with Gasteiger partial charge in [0.25, 0.3) is 5.91 Å². The fraction of sp³-hybridized carbons (Fsp3) is 0.250. The third kappa shape index (κ3) is 5.27. The van der Waals surface area contributed by atoms with Crippen LogP contribution in [0.5, 0.6) is 5.75 Å². The van der Waals surface area contributed by atoms with Gasteiger partial charge >= 0.3 is 0 Å². The Balaban J connectivity index is 1.42. The molecule has 0 radical (unpaired) electrons. The highest BCUT2D eigenvalue weighted by molar-refractivity contribution is 5.94. The smallest absolute Gasteiger partial charge is 0.253 e. The first-order valence-electron chi connectivity index (χ1n) is 11.1. The van der Waals surface area contributed by atoms with Gasteiger partial charge in [-0.2, -0.15) is 0 Å². The Labute approximate surface area is 190 Å². The van der Waals surface area contributed by atoms with E-state index in [9.17, 15) is 4.79 Å². The quantitative estimate of drug-likeness (QED) is 0.488. The van der Waals surface area contributed by atoms with Crippen LogP contribution in [0, 0.1) is 0 Å². The van der Waals surface area contributed by atoms with E-state index in [1.807, 2.05) is 36.1 Å². The van der Waals surface area contributed by atoms with E-state index < -0.39 is 0 Å². The van der Waals surface area contributed by atoms with Crippen molar-refractivity contribution in [1.29, 1.82) is 0 Å². The van der Waals surface area contributed by atoms with Gasteiger partial charge in [0.1, 0.15) is 12.4 Å². The third-order valence-corrected chi connectivity index (χ3v) is 5.78. The molecule has 1 aliphatic rings. The molecule has 4 heteroatoms. The number of carbonyl (C=O) groups is 1. The summed E-state index contributed by atoms with van der Waals surface area (Å²) < 4.78 is 5.64. The Morgan fingerprint density at radius 1 is 0.844 bits per heavy atom. The molecule has 1 fully saturated rings. The molecule has 32 heavy (non-hydrogen) atoms. The molecule has 4 rings (SSSR count). The topological polar surface area (TPSA) is 32.8 Å². The minimum atomic E-state index is 0.0760. The Bertz CT molecular complexity index is 985. The van der Waals surface area contributed by atoms with E-state index in [0.717, 1.165) is 24.4 Å². The lowest BCUT2D eigenvalue weighted by atomic mass is 9.96. The highest BCUT2D eigenvalue weighted by Crippen LogP contribution is 2.29. The number of hydrogen-bond donors (Lipinski definition) is 0. The number of hydrogen-bond acceptors (Lipinski definition) is 3. The molecule has 164 valence electrons. The van der Waals surface area contributed by atoms with E-state index in [1.54, 1.807) is 0 Å². The Kier molecular flexibility index (Phi) is 7.03. The monoisotopic (exact) mass is 426 g/mol. The van der Waals surface area contributed by atoms with Gasteiger partial charge in [0, 0.05) is 31.7 Å². The van der Waals surface area contributed by atoms with Gasteiger partial charge in [-0.3, -0.25) is 9.69 Å². The molecular weight excluding hydrogens is 396 g/mol. The molecule has 3 aromatic rings. The van der Waals surface area contributed by atoms with Gasteiger partial charge < -0.3 is 9.64 Å². The first kappa shape index (κ1) is 21.8. The lowest BCUT2D eigenvalue weighted by Crippen LogP contribution is -2.49. The summed E-state index contributed by atoms with van der Waals surface area (Å²) in [6.07, 6.45) is 0. The molecule has 0 spiro atoms. The average Bonchev–Trinajstić information content (AvgIpc) is 2.85. The molecule has 1 aliphatic heterocycles. The number of ether oxygens (including phenoxy) is 1. The van der Waals surface area contributed by atoms with Crippen molar-refractivity contribution in [1.82, 2.24) is 9.80 Å². The summed E-state index contributed by atoms with van der Waals surface area (Å²) in [6, 6.07) is 28.8. The third-order valence-electron chi connectivity index (χ3n) is 5.78. The minimum absolute atomic E-state index is 0.0760. The molecule has 1 heterocycles. The van der Waals surface area contributed by atoms with E-state index in [2.05, 4.69) is 72.1 Å². The second-order valence-electron chi connectivity index (χ2n) is 8.32. The molecule has 3 aromatic carbocycles. The number of amides is 1. The summed E-state index contributed by atoms with van der Waals surface area (Å²) in [7, 11) is 0. The lowest BCUT2D eigenvalue weighted by molar-refractivity contribution is 0.0597. The van der Waals surface area contributed by atoms with Crippen LogP contribution in [-0.4, -0.2) is 48.5 Å². The predicted octanol–water partition coefficient (Wildman–Crippen LogP) is 5.19. The van der Waals surface area contributed by atoms with Crippen molar-refractivity contribution in [2.75, 3.05) is 32.8 Å². The Morgan fingerprint density at radius 2 is 1.38 bits per heavy atom. The fourth-order valence-corrected chi connectivity index (χ4v) is 4.15. The highest BCUT2D eigenvalue weighted by atomic mass is 16.5. The van der Waals surface area contributed by atoms with E-state index in [4.69, 9.17) is 4.74 Å². The second-order valence-corrected chi connectivity index (χ2v) is 8.32. The van der Waals surface area contributed by atoms with Crippen molar-refractivity contribution in [3.05, 3.63) is 114 Å². The number of rotatable bonds is 7. The first-order valence-corrected chi connectivity index (χ1v) is 11.1. The number of benzene rings is 3. The zero-order valence-corrected chi connectivity index (χ0v) is 18.6. The number of carbonyl (C=O) groups excluding carboxylic acids is 1. The van der Waals surface area contributed by atoms with Gasteiger partial charge in [-0.1, -0.05) is 67.2 Å². The van der Waals surface area contributed by atoms with Crippen molar-refractivity contribution in [2.45, 2.75) is 13.0 Å². The molecule has 0 saturated carbocycles. The van der Waals surface area contributed by atoms with Crippen LogP contribution >= 0.6 is 0 Å². The van der Waals surface area contributed by atoms with E-state index >= 15 is 0 Å². The number of piperazine rings is 1. The van der Waals surface area contributed by atoms with Gasteiger partial charge in [0.05, 0.1) is 6.04 Å². The van der Waals surface area contributed by atoms with Crippen molar-refractivity contribution < 1.29 is 9.53 Å². The van der Waals surface area contributed by atoms with Gasteiger partial charge in [-0.05, 0) is 47.9 Å². The van der Waals surface area contributed by atoms with Crippen molar-refractivity contribution >= 4 is 5.91 Å². The van der Waals surface area contributed by atoms with Crippen molar-refractivity contribution in [2.24, 2.45) is 0 Å². The van der Waals surface area contributed by atoms with Gasteiger partial charge in [-0.25, -0.2) is 0 Å². The summed E-state index contributed by atoms with van der Waals surface area (Å²) >= 11 is 0. The summed E-state index contributed by atoms with van der Waals surface area (Å²) in [5, 5.41) is 0. The maximum Gasteiger partial charge on any atom is 0.253 e. The zero-order valence-electron chi connectivity index (χ0n) is 18.6. The maximum absolute atomic E-state index is 13.0. The van der Waals surface area contributed by atoms with Gasteiger partial charge in [0.2, 0.25) is 0 Å². The number of nitrogens with zero attached hydrogens (tertiary/aromatic N) is 2. The lowest BCUT2D eigenvalue weighted by Gasteiger charge is -2.39. The van der Waals surface area contributed by atoms with Crippen LogP contribution < -0.4 is 4.74 Å². The molecule has 0 aromatic heterocycles. The van der Waals surface area contributed by atoms with Crippen LogP contribution in [0.3, 0.4) is 0 Å². The van der Waals surface area contributed by atoms with Crippen molar-refractivity contribution in [3.8, 4) is 5.75 Å². The Hall–Kier alpha value is -3.37. The van der Waals surface area contributed by atoms with Gasteiger partial charge in [0.15, 0.2) is 0 Å². The minimum Gasteiger partial charge on any atom is -0.489 e. The first-order chi connectivity index (χ1) is 15.6. The summed E-state index contributed by atoms with van der Waals surface area (Å²) in [5.74, 6) is 0.829. The highest BCUT2D eigenvalue weighted by Gasteiger charge is 2.28. The average molecular weight is 427 g/mol. The fourth-order valence-electron chi connectivity index (χ4n) is 4.15. The van der Waals surface area contributed by atoms with Crippen LogP contribution in [0.15, 0.2) is 97.1 Å². The van der Waals surface area contributed by atoms with Crippen LogP contribution in [0.1, 0.15) is 34.5 Å². The molecular formula is C28H30N2O2. The molecule has 4 nitrogen and oxygen atoms in total. The maximum atomic E-state index is 13.0. The summed E-state index contributed by atoms with van der Waals surface area (Å²) in [5.41, 5.74) is 4.23. The molecule has 0 unspecified atom stereocenters. The van der Waals surface area contributed by atoms with E-state index in [0.29, 0.717) is 25.3 Å². The van der Waals surface area contributed by atoms with E-state index in [-0.39, 0.29) is 11.9 Å². The SMILES string of the molecule is C=C(C)COc1ccc(C(=O)N2CCN(C(c3ccccc3)c3ccccc3)CC2)cc1. The van der Waals surface area contributed by atoms with Crippen LogP contribution in [0.4, 0.5) is 0 Å². The molecule has 0 aliphatic carbocycles. The van der Waals surface area contributed by atoms with Crippen LogP contribution in [-0.2, 0) is 0 Å². The molecule has 1 amide bonds. The summed E-state index contributed by atoms with van der Waals surface area (Å²) in [4.78, 5) is 17.5. The summed E-state index contributed by atoms with van der Waals surface area (Å²) in [6.45, 7) is 9.35. The molecule has 0 bridgehead atoms. The molecule has 0 atom stereocenters. The predicted molar refractivity (Wildman–Crippen MR) is 129 cm³/mol. The van der Waals surface area contributed by atoms with Crippen molar-refractivity contribution in [3.63, 3.8) is 0 Å². The largest absolute Gasteiger partial charge is 0.489 e. The van der Waals surface area contributed by atoms with E-state index in [1.165, 1.54) is 11.1 Å². The van der Waals surface area contributed by atoms with Crippen LogP contribution in [0.25, 0.3) is 0 Å². The Morgan fingerprint density at radius 3 is 1.88 bits per heavy atom. The zero-order chi connectivity index (χ0) is 22.3. The second kappa shape index (κ2) is 10.3. The van der Waals surface area contributed by atoms with Crippen LogP contribution in [0.2, 0.25) is 0 Å². The molecule has 0 N–H and O–H groups in total. The van der Waals surface area contributed by atoms with Gasteiger partial charge in [-0.15, -0.1) is 0 Å². The standard InChI is InChI=1S/C28H30N2O2/c1-22(2)21-32-26-15-13-25(14-16-26)28(31)30-19-17-29(18-20-30)27(23-9-5-3-6-10-23)24-11-7-4-8-12-24/h3-16,27H,1,17-21H2,2H3. The normalized spacial score (nSPS) is 14.4.